The minimum Gasteiger partial charge on any atom is -0.497 e. The van der Waals surface area contributed by atoms with E-state index in [0.29, 0.717) is 27.7 Å². The topological polar surface area (TPSA) is 68.5 Å². The molecule has 5 nitrogen and oxygen atoms in total. The van der Waals surface area contributed by atoms with E-state index >= 15 is 0 Å². The van der Waals surface area contributed by atoms with Crippen molar-refractivity contribution >= 4 is 28.9 Å². The summed E-state index contributed by atoms with van der Waals surface area (Å²) in [6.07, 6.45) is 1.71. The Balaban J connectivity index is 2.31. The molecule has 3 rings (SSSR count). The van der Waals surface area contributed by atoms with Crippen molar-refractivity contribution in [2.24, 2.45) is 5.73 Å². The molecule has 3 aromatic rings. The van der Waals surface area contributed by atoms with Gasteiger partial charge in [0.25, 0.3) is 5.91 Å². The number of pyridine rings is 1. The fraction of sp³-hybridized carbons (Fsp3) is 0.308. The van der Waals surface area contributed by atoms with Gasteiger partial charge in [-0.1, -0.05) is 44.5 Å². The smallest absolute Gasteiger partial charge is 0.250 e. The van der Waals surface area contributed by atoms with Gasteiger partial charge in [-0.3, -0.25) is 9.78 Å². The van der Waals surface area contributed by atoms with Crippen LogP contribution in [0, 0.1) is 0 Å². The highest BCUT2D eigenvalue weighted by molar-refractivity contribution is 6.31. The first-order valence-electron chi connectivity index (χ1n) is 10.5. The second-order valence-electron chi connectivity index (χ2n) is 9.27. The standard InChI is InChI=1S/C26H30ClN3O2/c1-25(2,3)17-9-11-18(12-10-17)30(26(4,5)23-21(27)8-7-15-29-23)22-16-19(32-6)13-14-20(22)24(28)31/h7-16H,1-6H3,(H2,28,31). The fourth-order valence-electron chi connectivity index (χ4n) is 3.85. The quantitative estimate of drug-likeness (QED) is 0.483. The van der Waals surface area contributed by atoms with Crippen molar-refractivity contribution < 1.29 is 9.53 Å². The molecule has 1 heterocycles. The number of benzene rings is 2. The van der Waals surface area contributed by atoms with Crippen molar-refractivity contribution in [1.82, 2.24) is 4.98 Å². The molecule has 0 bridgehead atoms. The highest BCUT2D eigenvalue weighted by atomic mass is 35.5. The molecule has 6 heteroatoms. The zero-order chi connectivity index (χ0) is 23.7. The van der Waals surface area contributed by atoms with Crippen LogP contribution in [-0.4, -0.2) is 18.0 Å². The Morgan fingerprint density at radius 3 is 2.22 bits per heavy atom. The van der Waals surface area contributed by atoms with Gasteiger partial charge in [-0.05, 0) is 61.2 Å². The van der Waals surface area contributed by atoms with E-state index in [1.165, 1.54) is 5.56 Å². The van der Waals surface area contributed by atoms with E-state index < -0.39 is 11.4 Å². The molecular weight excluding hydrogens is 422 g/mol. The molecule has 2 N–H and O–H groups in total. The number of hydrogen-bond donors (Lipinski definition) is 1. The Morgan fingerprint density at radius 2 is 1.69 bits per heavy atom. The fourth-order valence-corrected chi connectivity index (χ4v) is 4.20. The van der Waals surface area contributed by atoms with Crippen LogP contribution in [0.25, 0.3) is 0 Å². The molecule has 0 aliphatic heterocycles. The Morgan fingerprint density at radius 1 is 1.03 bits per heavy atom. The Bertz CT molecular complexity index is 1120. The van der Waals surface area contributed by atoms with Crippen LogP contribution in [0.2, 0.25) is 5.02 Å². The number of nitrogens with zero attached hydrogens (tertiary/aromatic N) is 2. The van der Waals surface area contributed by atoms with Gasteiger partial charge in [-0.2, -0.15) is 0 Å². The van der Waals surface area contributed by atoms with Crippen molar-refractivity contribution in [3.8, 4) is 5.75 Å². The minimum atomic E-state index is -0.724. The molecule has 2 aromatic carbocycles. The summed E-state index contributed by atoms with van der Waals surface area (Å²) in [4.78, 5) is 19.0. The normalized spacial score (nSPS) is 11.8. The van der Waals surface area contributed by atoms with E-state index in [1.54, 1.807) is 31.5 Å². The van der Waals surface area contributed by atoms with Crippen LogP contribution < -0.4 is 15.4 Å². The van der Waals surface area contributed by atoms with Crippen molar-refractivity contribution in [1.29, 1.82) is 0 Å². The summed E-state index contributed by atoms with van der Waals surface area (Å²) < 4.78 is 5.46. The van der Waals surface area contributed by atoms with E-state index in [1.807, 2.05) is 43.0 Å². The number of carbonyl (C=O) groups excluding carboxylic acids is 1. The highest BCUT2D eigenvalue weighted by Gasteiger charge is 2.36. The van der Waals surface area contributed by atoms with Gasteiger partial charge in [0.15, 0.2) is 0 Å². The third-order valence-corrected chi connectivity index (χ3v) is 5.90. The number of ether oxygens (including phenoxy) is 1. The Labute approximate surface area is 195 Å². The zero-order valence-corrected chi connectivity index (χ0v) is 20.2. The predicted octanol–water partition coefficient (Wildman–Crippen LogP) is 6.21. The number of hydrogen-bond acceptors (Lipinski definition) is 4. The number of aromatic nitrogens is 1. The molecule has 0 saturated carbocycles. The lowest BCUT2D eigenvalue weighted by Gasteiger charge is -2.41. The van der Waals surface area contributed by atoms with E-state index in [0.717, 1.165) is 5.69 Å². The van der Waals surface area contributed by atoms with Gasteiger partial charge in [-0.15, -0.1) is 0 Å². The molecule has 0 radical (unpaired) electrons. The predicted molar refractivity (Wildman–Crippen MR) is 131 cm³/mol. The summed E-state index contributed by atoms with van der Waals surface area (Å²) in [5.74, 6) is 0.0890. The number of amides is 1. The summed E-state index contributed by atoms with van der Waals surface area (Å²) in [5, 5.41) is 0.539. The van der Waals surface area contributed by atoms with Crippen LogP contribution in [0.1, 0.15) is 56.2 Å². The Hall–Kier alpha value is -3.05. The monoisotopic (exact) mass is 451 g/mol. The summed E-state index contributed by atoms with van der Waals surface area (Å²) >= 11 is 6.57. The van der Waals surface area contributed by atoms with Crippen LogP contribution >= 0.6 is 11.6 Å². The van der Waals surface area contributed by atoms with Crippen LogP contribution in [0.5, 0.6) is 5.75 Å². The molecule has 0 spiro atoms. The SMILES string of the molecule is COc1ccc(C(N)=O)c(N(c2ccc(C(C)(C)C)cc2)C(C)(C)c2ncccc2Cl)c1. The average molecular weight is 452 g/mol. The summed E-state index contributed by atoms with van der Waals surface area (Å²) in [6.45, 7) is 10.5. The molecule has 168 valence electrons. The van der Waals surface area contributed by atoms with E-state index in [-0.39, 0.29) is 5.41 Å². The molecule has 0 fully saturated rings. The van der Waals surface area contributed by atoms with Gasteiger partial charge < -0.3 is 15.4 Å². The lowest BCUT2D eigenvalue weighted by atomic mass is 9.86. The molecule has 0 saturated heterocycles. The first-order valence-corrected chi connectivity index (χ1v) is 10.8. The number of nitrogens with two attached hydrogens (primary N) is 1. The Kier molecular flexibility index (Phi) is 6.51. The van der Waals surface area contributed by atoms with Gasteiger partial charge in [0.1, 0.15) is 5.75 Å². The first kappa shape index (κ1) is 23.6. The third kappa shape index (κ3) is 4.58. The van der Waals surface area contributed by atoms with E-state index in [4.69, 9.17) is 22.1 Å². The summed E-state index contributed by atoms with van der Waals surface area (Å²) in [7, 11) is 1.59. The van der Waals surface area contributed by atoms with Crippen LogP contribution in [-0.2, 0) is 11.0 Å². The molecule has 1 aromatic heterocycles. The van der Waals surface area contributed by atoms with Gasteiger partial charge >= 0.3 is 0 Å². The number of carbonyl (C=O) groups is 1. The van der Waals surface area contributed by atoms with Gasteiger partial charge in [-0.25, -0.2) is 0 Å². The average Bonchev–Trinajstić information content (AvgIpc) is 2.73. The van der Waals surface area contributed by atoms with Crippen LogP contribution in [0.3, 0.4) is 0 Å². The molecular formula is C26H30ClN3O2. The number of halogens is 1. The molecule has 0 unspecified atom stereocenters. The maximum Gasteiger partial charge on any atom is 0.250 e. The van der Waals surface area contributed by atoms with E-state index in [2.05, 4.69) is 37.9 Å². The van der Waals surface area contributed by atoms with Crippen molar-refractivity contribution in [3.05, 3.63) is 82.6 Å². The minimum absolute atomic E-state index is 0.0114. The molecule has 0 aliphatic carbocycles. The second kappa shape index (κ2) is 8.83. The van der Waals surface area contributed by atoms with Gasteiger partial charge in [0.05, 0.1) is 34.6 Å². The largest absolute Gasteiger partial charge is 0.497 e. The maximum atomic E-state index is 12.4. The third-order valence-electron chi connectivity index (χ3n) is 5.60. The van der Waals surface area contributed by atoms with Gasteiger partial charge in [0.2, 0.25) is 0 Å². The second-order valence-corrected chi connectivity index (χ2v) is 9.68. The van der Waals surface area contributed by atoms with E-state index in [9.17, 15) is 4.79 Å². The number of methoxy groups -OCH3 is 1. The van der Waals surface area contributed by atoms with Crippen LogP contribution in [0.4, 0.5) is 11.4 Å². The molecule has 0 atom stereocenters. The van der Waals surface area contributed by atoms with Crippen LogP contribution in [0.15, 0.2) is 60.8 Å². The highest BCUT2D eigenvalue weighted by Crippen LogP contribution is 2.43. The van der Waals surface area contributed by atoms with Crippen molar-refractivity contribution in [2.75, 3.05) is 12.0 Å². The number of anilines is 2. The first-order chi connectivity index (χ1) is 15.0. The summed E-state index contributed by atoms with van der Waals surface area (Å²) in [5.41, 5.74) is 8.81. The van der Waals surface area contributed by atoms with Crippen molar-refractivity contribution in [2.45, 2.75) is 45.6 Å². The molecule has 1 amide bonds. The number of rotatable bonds is 6. The number of primary amides is 1. The molecule has 32 heavy (non-hydrogen) atoms. The maximum absolute atomic E-state index is 12.4. The molecule has 0 aliphatic rings. The van der Waals surface area contributed by atoms with Crippen molar-refractivity contribution in [3.63, 3.8) is 0 Å². The lowest BCUT2D eigenvalue weighted by molar-refractivity contribution is 0.100. The zero-order valence-electron chi connectivity index (χ0n) is 19.4. The van der Waals surface area contributed by atoms with Gasteiger partial charge in [0, 0.05) is 18.0 Å². The lowest BCUT2D eigenvalue weighted by Crippen LogP contribution is -2.40. The summed E-state index contributed by atoms with van der Waals surface area (Å²) in [6, 6.07) is 17.1.